The van der Waals surface area contributed by atoms with Crippen molar-refractivity contribution in [2.45, 2.75) is 17.1 Å². The largest absolute Gasteiger partial charge is 0.339 e. The van der Waals surface area contributed by atoms with E-state index in [0.29, 0.717) is 22.4 Å². The maximum Gasteiger partial charge on any atom is 0.221 e. The van der Waals surface area contributed by atoms with E-state index in [1.165, 1.54) is 31.2 Å². The van der Waals surface area contributed by atoms with Crippen LogP contribution in [0.4, 0.5) is 17.2 Å². The topological polar surface area (TPSA) is 125 Å². The van der Waals surface area contributed by atoms with Crippen molar-refractivity contribution in [1.82, 2.24) is 9.97 Å². The Morgan fingerprint density at radius 1 is 0.879 bits per heavy atom. The van der Waals surface area contributed by atoms with E-state index >= 15 is 0 Å². The summed E-state index contributed by atoms with van der Waals surface area (Å²) >= 11 is 0. The minimum atomic E-state index is -4.15. The first-order chi connectivity index (χ1) is 15.9. The molecule has 8 nitrogen and oxygen atoms in total. The second-order valence-corrected chi connectivity index (χ2v) is 9.23. The average Bonchev–Trinajstić information content (AvgIpc) is 2.80. The minimum Gasteiger partial charge on any atom is -0.339 e. The minimum absolute atomic E-state index is 0.00555. The third kappa shape index (κ3) is 4.66. The Morgan fingerprint density at radius 3 is 2.09 bits per heavy atom. The summed E-state index contributed by atoms with van der Waals surface area (Å²) in [7, 11) is -4.15. The summed E-state index contributed by atoms with van der Waals surface area (Å²) < 4.78 is 26.9. The van der Waals surface area contributed by atoms with Crippen molar-refractivity contribution in [3.63, 3.8) is 0 Å². The number of nitrogens with one attached hydrogen (secondary N) is 2. The van der Waals surface area contributed by atoms with Gasteiger partial charge in [0.05, 0.1) is 22.0 Å². The lowest BCUT2D eigenvalue weighted by Crippen LogP contribution is -2.16. The molecular formula is C24H19N5O3S. The van der Waals surface area contributed by atoms with Crippen molar-refractivity contribution in [3.8, 4) is 6.07 Å². The molecule has 0 fully saturated rings. The Bertz CT molecular complexity index is 1460. The van der Waals surface area contributed by atoms with Gasteiger partial charge in [-0.25, -0.2) is 18.4 Å². The second kappa shape index (κ2) is 9.06. The lowest BCUT2D eigenvalue weighted by Gasteiger charge is -2.16. The summed E-state index contributed by atoms with van der Waals surface area (Å²) in [6.45, 7) is 1.36. The van der Waals surface area contributed by atoms with E-state index in [-0.39, 0.29) is 22.3 Å². The number of fused-ring (bicyclic) bond motifs is 1. The van der Waals surface area contributed by atoms with Gasteiger partial charge in [0.2, 0.25) is 15.7 Å². The number of carbonyl (C=O) groups is 1. The van der Waals surface area contributed by atoms with Crippen LogP contribution >= 0.6 is 0 Å². The lowest BCUT2D eigenvalue weighted by atomic mass is 10.2. The molecule has 9 heteroatoms. The highest BCUT2D eigenvalue weighted by atomic mass is 32.2. The molecule has 164 valence electrons. The van der Waals surface area contributed by atoms with Gasteiger partial charge in [-0.05, 0) is 48.5 Å². The summed E-state index contributed by atoms with van der Waals surface area (Å²) in [5.41, 5.74) is 2.17. The molecule has 0 aliphatic heterocycles. The van der Waals surface area contributed by atoms with Crippen molar-refractivity contribution < 1.29 is 13.2 Å². The summed E-state index contributed by atoms with van der Waals surface area (Å²) in [4.78, 5) is 20.2. The predicted molar refractivity (Wildman–Crippen MR) is 126 cm³/mol. The van der Waals surface area contributed by atoms with Crippen LogP contribution in [-0.2, 0) is 14.6 Å². The fourth-order valence-corrected chi connectivity index (χ4v) is 4.68. The Balaban J connectivity index is 1.81. The highest BCUT2D eigenvalue weighted by Crippen LogP contribution is 2.33. The van der Waals surface area contributed by atoms with Crippen LogP contribution in [0.1, 0.15) is 17.9 Å². The molecule has 4 aromatic rings. The van der Waals surface area contributed by atoms with Gasteiger partial charge < -0.3 is 10.6 Å². The Labute approximate surface area is 190 Å². The molecule has 1 heterocycles. The molecule has 2 N–H and O–H groups in total. The van der Waals surface area contributed by atoms with Crippen LogP contribution in [0.3, 0.4) is 0 Å². The van der Waals surface area contributed by atoms with Gasteiger partial charge in [-0.15, -0.1) is 0 Å². The molecule has 0 unspecified atom stereocenters. The first kappa shape index (κ1) is 21.9. The summed E-state index contributed by atoms with van der Waals surface area (Å²) in [6, 6.07) is 23.7. The maximum absolute atomic E-state index is 13.4. The molecule has 0 radical (unpaired) electrons. The van der Waals surface area contributed by atoms with Gasteiger partial charge >= 0.3 is 0 Å². The zero-order chi connectivity index (χ0) is 23.4. The normalized spacial score (nSPS) is 12.0. The number of sulfone groups is 1. The van der Waals surface area contributed by atoms with E-state index in [9.17, 15) is 18.5 Å². The molecule has 1 atom stereocenters. The number of nitriles is 1. The standard InChI is InChI=1S/C24H19N5O3S/c1-16(30)26-18-11-13-19(14-12-18)33(31,32)22(15-25)23-24(27-17-7-3-2-4-8-17)29-21-10-6-5-9-20(21)28-23/h2-14,22H,1H3,(H,26,30)(H,27,29)/t22-/m1/s1. The Hall–Kier alpha value is -4.29. The van der Waals surface area contributed by atoms with Crippen LogP contribution in [0, 0.1) is 11.3 Å². The van der Waals surface area contributed by atoms with E-state index < -0.39 is 15.1 Å². The first-order valence-corrected chi connectivity index (χ1v) is 11.5. The van der Waals surface area contributed by atoms with E-state index in [4.69, 9.17) is 0 Å². The molecule has 1 aromatic heterocycles. The number of hydrogen-bond acceptors (Lipinski definition) is 7. The first-order valence-electron chi connectivity index (χ1n) is 9.98. The lowest BCUT2D eigenvalue weighted by molar-refractivity contribution is -0.114. The van der Waals surface area contributed by atoms with Gasteiger partial charge in [-0.3, -0.25) is 4.79 Å². The molecule has 0 aliphatic rings. The number of carbonyl (C=O) groups excluding carboxylic acids is 1. The second-order valence-electron chi connectivity index (χ2n) is 7.20. The zero-order valence-electron chi connectivity index (χ0n) is 17.6. The van der Waals surface area contributed by atoms with Crippen molar-refractivity contribution in [1.29, 1.82) is 5.26 Å². The Kier molecular flexibility index (Phi) is 6.02. The van der Waals surface area contributed by atoms with Gasteiger partial charge in [0.1, 0.15) is 5.69 Å². The quantitative estimate of drug-likeness (QED) is 0.440. The van der Waals surface area contributed by atoms with Gasteiger partial charge in [-0.2, -0.15) is 5.26 Å². The smallest absolute Gasteiger partial charge is 0.221 e. The van der Waals surface area contributed by atoms with Crippen LogP contribution in [0.2, 0.25) is 0 Å². The molecular weight excluding hydrogens is 438 g/mol. The molecule has 1 amide bonds. The third-order valence-corrected chi connectivity index (χ3v) is 6.69. The Morgan fingerprint density at radius 2 is 1.48 bits per heavy atom. The molecule has 4 rings (SSSR count). The monoisotopic (exact) mass is 457 g/mol. The molecule has 3 aromatic carbocycles. The van der Waals surface area contributed by atoms with Crippen molar-refractivity contribution in [2.24, 2.45) is 0 Å². The van der Waals surface area contributed by atoms with Crippen molar-refractivity contribution in [3.05, 3.63) is 84.6 Å². The highest BCUT2D eigenvalue weighted by molar-refractivity contribution is 7.92. The number of anilines is 3. The highest BCUT2D eigenvalue weighted by Gasteiger charge is 2.33. The number of aromatic nitrogens is 2. The van der Waals surface area contributed by atoms with Crippen LogP contribution < -0.4 is 10.6 Å². The van der Waals surface area contributed by atoms with Crippen molar-refractivity contribution in [2.75, 3.05) is 10.6 Å². The summed E-state index contributed by atoms with van der Waals surface area (Å²) in [6.07, 6.45) is 0. The summed E-state index contributed by atoms with van der Waals surface area (Å²) in [5, 5.41) is 14.0. The number of nitrogens with zero attached hydrogens (tertiary/aromatic N) is 3. The van der Waals surface area contributed by atoms with E-state index in [0.717, 1.165) is 0 Å². The molecule has 0 saturated heterocycles. The molecule has 0 saturated carbocycles. The molecule has 0 bridgehead atoms. The van der Waals surface area contributed by atoms with Crippen LogP contribution in [0.25, 0.3) is 11.0 Å². The van der Waals surface area contributed by atoms with Gasteiger partial charge in [0, 0.05) is 18.3 Å². The third-order valence-electron chi connectivity index (χ3n) is 4.81. The van der Waals surface area contributed by atoms with Gasteiger partial charge in [-0.1, -0.05) is 30.3 Å². The van der Waals surface area contributed by atoms with E-state index in [2.05, 4.69) is 20.6 Å². The molecule has 33 heavy (non-hydrogen) atoms. The zero-order valence-corrected chi connectivity index (χ0v) is 18.4. The number of para-hydroxylation sites is 3. The van der Waals surface area contributed by atoms with Gasteiger partial charge in [0.25, 0.3) is 0 Å². The van der Waals surface area contributed by atoms with Crippen LogP contribution in [0.15, 0.2) is 83.8 Å². The van der Waals surface area contributed by atoms with Crippen molar-refractivity contribution >= 4 is 44.0 Å². The maximum atomic E-state index is 13.4. The fraction of sp³-hybridized carbons (Fsp3) is 0.0833. The number of hydrogen-bond donors (Lipinski definition) is 2. The van der Waals surface area contributed by atoms with Crippen LogP contribution in [0.5, 0.6) is 0 Å². The van der Waals surface area contributed by atoms with Gasteiger partial charge in [0.15, 0.2) is 11.1 Å². The number of amides is 1. The molecule has 0 spiro atoms. The van der Waals surface area contributed by atoms with E-state index in [1.54, 1.807) is 36.4 Å². The number of benzene rings is 3. The summed E-state index contributed by atoms with van der Waals surface area (Å²) in [5.74, 6) is -0.0894. The number of rotatable bonds is 6. The SMILES string of the molecule is CC(=O)Nc1ccc(S(=O)(=O)[C@H](C#N)c2nc3ccccc3nc2Nc2ccccc2)cc1. The van der Waals surface area contributed by atoms with Crippen LogP contribution in [-0.4, -0.2) is 24.3 Å². The average molecular weight is 458 g/mol. The fourth-order valence-electron chi connectivity index (χ4n) is 3.29. The van der Waals surface area contributed by atoms with E-state index in [1.807, 2.05) is 24.3 Å². The predicted octanol–water partition coefficient (Wildman–Crippen LogP) is 4.37. The molecule has 0 aliphatic carbocycles.